The van der Waals surface area contributed by atoms with Crippen LogP contribution in [0.2, 0.25) is 0 Å². The Morgan fingerprint density at radius 1 is 1.31 bits per heavy atom. The highest BCUT2D eigenvalue weighted by Crippen LogP contribution is 2.23. The van der Waals surface area contributed by atoms with Gasteiger partial charge in [-0.05, 0) is 56.0 Å². The average Bonchev–Trinajstić information content (AvgIpc) is 3.20. The first-order chi connectivity index (χ1) is 14.2. The van der Waals surface area contributed by atoms with E-state index in [1.807, 2.05) is 30.0 Å². The van der Waals surface area contributed by atoms with Crippen molar-refractivity contribution in [2.75, 3.05) is 41.9 Å². The van der Waals surface area contributed by atoms with Crippen LogP contribution >= 0.6 is 11.8 Å². The second kappa shape index (κ2) is 11.0. The predicted molar refractivity (Wildman–Crippen MR) is 122 cm³/mol. The number of hydrogen-bond acceptors (Lipinski definition) is 7. The topological polar surface area (TPSA) is 76.9 Å². The van der Waals surface area contributed by atoms with Gasteiger partial charge < -0.3 is 15.5 Å². The number of aryl methyl sites for hydroxylation is 1. The van der Waals surface area contributed by atoms with Gasteiger partial charge in [-0.3, -0.25) is 0 Å². The van der Waals surface area contributed by atoms with E-state index in [2.05, 4.69) is 45.8 Å². The van der Waals surface area contributed by atoms with Gasteiger partial charge in [0.1, 0.15) is 5.82 Å². The zero-order chi connectivity index (χ0) is 20.5. The fourth-order valence-corrected chi connectivity index (χ4v) is 3.97. The molecule has 0 spiro atoms. The molecule has 0 radical (unpaired) electrons. The van der Waals surface area contributed by atoms with Crippen LogP contribution in [-0.4, -0.2) is 47.7 Å². The summed E-state index contributed by atoms with van der Waals surface area (Å²) in [4.78, 5) is 11.8. The van der Waals surface area contributed by atoms with Gasteiger partial charge in [0.2, 0.25) is 5.95 Å². The van der Waals surface area contributed by atoms with E-state index in [4.69, 9.17) is 10.2 Å². The summed E-state index contributed by atoms with van der Waals surface area (Å²) < 4.78 is 0. The van der Waals surface area contributed by atoms with E-state index >= 15 is 0 Å². The van der Waals surface area contributed by atoms with Crippen molar-refractivity contribution in [2.45, 2.75) is 38.6 Å². The van der Waals surface area contributed by atoms with E-state index in [9.17, 15) is 0 Å². The first kappa shape index (κ1) is 21.4. The molecule has 1 aliphatic rings. The second-order valence-electron chi connectivity index (χ2n) is 7.34. The maximum atomic E-state index is 9.12. The van der Waals surface area contributed by atoms with Crippen LogP contribution < -0.4 is 15.5 Å². The Balaban J connectivity index is 1.71. The Kier molecular flexibility index (Phi) is 8.14. The van der Waals surface area contributed by atoms with Gasteiger partial charge in [0, 0.05) is 36.6 Å². The van der Waals surface area contributed by atoms with Crippen molar-refractivity contribution in [3.8, 4) is 6.07 Å². The van der Waals surface area contributed by atoms with Crippen molar-refractivity contribution < 1.29 is 0 Å². The minimum absolute atomic E-state index is 0.519. The molecule has 0 amide bonds. The van der Waals surface area contributed by atoms with Crippen molar-refractivity contribution in [2.24, 2.45) is 0 Å². The van der Waals surface area contributed by atoms with E-state index in [1.165, 1.54) is 12.2 Å². The van der Waals surface area contributed by atoms with Gasteiger partial charge in [0.05, 0.1) is 11.6 Å². The molecule has 7 heteroatoms. The molecule has 2 heterocycles. The molecule has 1 aromatic heterocycles. The first-order valence-corrected chi connectivity index (χ1v) is 11.7. The number of nitriles is 1. The lowest BCUT2D eigenvalue weighted by molar-refractivity contribution is 0.550. The highest BCUT2D eigenvalue weighted by atomic mass is 32.2. The molecular formula is C22H30N6S. The van der Waals surface area contributed by atoms with Crippen molar-refractivity contribution in [3.05, 3.63) is 41.6 Å². The lowest BCUT2D eigenvalue weighted by atomic mass is 10.2. The van der Waals surface area contributed by atoms with Gasteiger partial charge in [0.15, 0.2) is 0 Å². The molecule has 0 bridgehead atoms. The van der Waals surface area contributed by atoms with Crippen LogP contribution in [0.4, 0.5) is 17.5 Å². The van der Waals surface area contributed by atoms with E-state index in [0.717, 1.165) is 56.1 Å². The zero-order valence-electron chi connectivity index (χ0n) is 17.3. The van der Waals surface area contributed by atoms with Crippen LogP contribution in [-0.2, 0) is 6.42 Å². The van der Waals surface area contributed by atoms with E-state index in [0.29, 0.717) is 17.6 Å². The zero-order valence-corrected chi connectivity index (χ0v) is 18.1. The summed E-state index contributed by atoms with van der Waals surface area (Å²) in [7, 11) is 0. The number of anilines is 3. The maximum Gasteiger partial charge on any atom is 0.229 e. The normalized spacial score (nSPS) is 16.0. The van der Waals surface area contributed by atoms with Crippen LogP contribution in [0.15, 0.2) is 30.3 Å². The summed E-state index contributed by atoms with van der Waals surface area (Å²) in [6.45, 7) is 5.22. The molecule has 0 saturated carbocycles. The molecule has 2 N–H and O–H groups in total. The number of nitrogens with one attached hydrogen (secondary N) is 2. The number of thioether (sulfide) groups is 1. The van der Waals surface area contributed by atoms with Gasteiger partial charge in [0.25, 0.3) is 0 Å². The highest BCUT2D eigenvalue weighted by Gasteiger charge is 2.23. The summed E-state index contributed by atoms with van der Waals surface area (Å²) in [6.07, 6.45) is 6.47. The Bertz CT molecular complexity index is 834. The monoisotopic (exact) mass is 410 g/mol. The third kappa shape index (κ3) is 6.34. The number of nitrogens with zero attached hydrogens (tertiary/aromatic N) is 4. The standard InChI is InChI=1S/C22H30N6S/c1-3-6-18-14-21(28-11-9-20(16-28)24-10-5-12-29-2)27-22(25-18)26-19-8-4-7-17(13-19)15-23/h4,7-8,13-14,20,24H,3,5-6,9-12,16H2,1-2H3,(H,25,26,27). The van der Waals surface area contributed by atoms with Crippen molar-refractivity contribution >= 4 is 29.2 Å². The molecule has 0 aliphatic carbocycles. The highest BCUT2D eigenvalue weighted by molar-refractivity contribution is 7.98. The SMILES string of the molecule is CCCc1cc(N2CCC(NCCCSC)C2)nc(Nc2cccc(C#N)c2)n1. The summed E-state index contributed by atoms with van der Waals surface area (Å²) >= 11 is 1.90. The van der Waals surface area contributed by atoms with Crippen molar-refractivity contribution in [1.29, 1.82) is 5.26 Å². The number of aromatic nitrogens is 2. The Labute approximate surface area is 178 Å². The molecule has 3 rings (SSSR count). The Morgan fingerprint density at radius 3 is 3.00 bits per heavy atom. The minimum Gasteiger partial charge on any atom is -0.355 e. The van der Waals surface area contributed by atoms with Crippen LogP contribution in [0.1, 0.15) is 37.4 Å². The summed E-state index contributed by atoms with van der Waals surface area (Å²) in [6, 6.07) is 12.2. The molecule has 6 nitrogen and oxygen atoms in total. The number of hydrogen-bond donors (Lipinski definition) is 2. The second-order valence-corrected chi connectivity index (χ2v) is 8.33. The van der Waals surface area contributed by atoms with Crippen molar-refractivity contribution in [1.82, 2.24) is 15.3 Å². The minimum atomic E-state index is 0.519. The maximum absolute atomic E-state index is 9.12. The molecule has 1 atom stereocenters. The van der Waals surface area contributed by atoms with Gasteiger partial charge in [-0.25, -0.2) is 4.98 Å². The molecule has 2 aromatic rings. The van der Waals surface area contributed by atoms with Gasteiger partial charge in [-0.1, -0.05) is 19.4 Å². The fourth-order valence-electron chi connectivity index (χ4n) is 3.54. The van der Waals surface area contributed by atoms with Gasteiger partial charge >= 0.3 is 0 Å². The third-order valence-electron chi connectivity index (χ3n) is 4.99. The lowest BCUT2D eigenvalue weighted by Gasteiger charge is -2.20. The van der Waals surface area contributed by atoms with Crippen LogP contribution in [0.25, 0.3) is 0 Å². The molecular weight excluding hydrogens is 380 g/mol. The van der Waals surface area contributed by atoms with E-state index in [1.54, 1.807) is 6.07 Å². The summed E-state index contributed by atoms with van der Waals surface area (Å²) in [5.41, 5.74) is 2.50. The number of rotatable bonds is 10. The fraction of sp³-hybridized carbons (Fsp3) is 0.500. The van der Waals surface area contributed by atoms with Crippen LogP contribution in [0, 0.1) is 11.3 Å². The third-order valence-corrected chi connectivity index (χ3v) is 5.69. The molecule has 154 valence electrons. The van der Waals surface area contributed by atoms with E-state index < -0.39 is 0 Å². The largest absolute Gasteiger partial charge is 0.355 e. The summed E-state index contributed by atoms with van der Waals surface area (Å²) in [5.74, 6) is 2.78. The molecule has 1 saturated heterocycles. The quantitative estimate of drug-likeness (QED) is 0.574. The van der Waals surface area contributed by atoms with Gasteiger partial charge in [-0.15, -0.1) is 0 Å². The Hall–Kier alpha value is -2.30. The average molecular weight is 411 g/mol. The smallest absolute Gasteiger partial charge is 0.229 e. The van der Waals surface area contributed by atoms with Crippen molar-refractivity contribution in [3.63, 3.8) is 0 Å². The number of benzene rings is 1. The van der Waals surface area contributed by atoms with Crippen LogP contribution in [0.5, 0.6) is 0 Å². The molecule has 1 fully saturated rings. The predicted octanol–water partition coefficient (Wildman–Crippen LogP) is 3.97. The molecule has 1 unspecified atom stereocenters. The Morgan fingerprint density at radius 2 is 2.21 bits per heavy atom. The molecule has 29 heavy (non-hydrogen) atoms. The van der Waals surface area contributed by atoms with E-state index in [-0.39, 0.29) is 0 Å². The first-order valence-electron chi connectivity index (χ1n) is 10.3. The molecule has 1 aromatic carbocycles. The lowest BCUT2D eigenvalue weighted by Crippen LogP contribution is -2.33. The molecule has 1 aliphatic heterocycles. The summed E-state index contributed by atoms with van der Waals surface area (Å²) in [5, 5.41) is 16.1. The van der Waals surface area contributed by atoms with Gasteiger partial charge in [-0.2, -0.15) is 22.0 Å². The van der Waals surface area contributed by atoms with Crippen LogP contribution in [0.3, 0.4) is 0 Å².